The first kappa shape index (κ1) is 13.7. The Bertz CT molecular complexity index is 312. The average Bonchev–Trinajstić information content (AvgIpc) is 2.81. The van der Waals surface area contributed by atoms with Gasteiger partial charge in [0.1, 0.15) is 6.04 Å². The van der Waals surface area contributed by atoms with Crippen molar-refractivity contribution in [3.8, 4) is 0 Å². The number of aromatic nitrogens is 2. The van der Waals surface area contributed by atoms with Gasteiger partial charge in [0.15, 0.2) is 0 Å². The summed E-state index contributed by atoms with van der Waals surface area (Å²) in [5, 5.41) is 0. The monoisotopic (exact) mass is 239 g/mol. The van der Waals surface area contributed by atoms with Crippen LogP contribution in [-0.4, -0.2) is 28.6 Å². The number of nitrogens with zero attached hydrogens (tertiary/aromatic N) is 1. The number of unbranched alkanes of at least 4 members (excludes halogenated alkanes) is 3. The van der Waals surface area contributed by atoms with E-state index in [1.807, 2.05) is 0 Å². The SMILES string of the molecule is CCCCCCOC(=O)C(N)Cc1cnc[nH]1. The Labute approximate surface area is 102 Å². The lowest BCUT2D eigenvalue weighted by atomic mass is 10.2. The molecule has 0 fully saturated rings. The van der Waals surface area contributed by atoms with Crippen molar-refractivity contribution < 1.29 is 9.53 Å². The van der Waals surface area contributed by atoms with Gasteiger partial charge in [-0.3, -0.25) is 4.79 Å². The number of hydrogen-bond donors (Lipinski definition) is 2. The zero-order chi connectivity index (χ0) is 12.5. The molecule has 0 spiro atoms. The highest BCUT2D eigenvalue weighted by Crippen LogP contribution is 2.01. The molecule has 17 heavy (non-hydrogen) atoms. The number of rotatable bonds is 8. The maximum atomic E-state index is 11.5. The molecule has 0 aliphatic heterocycles. The molecule has 0 radical (unpaired) electrons. The summed E-state index contributed by atoms with van der Waals surface area (Å²) in [6, 6.07) is -0.610. The predicted molar refractivity (Wildman–Crippen MR) is 65.4 cm³/mol. The van der Waals surface area contributed by atoms with E-state index in [1.165, 1.54) is 12.8 Å². The van der Waals surface area contributed by atoms with E-state index in [0.29, 0.717) is 13.0 Å². The highest BCUT2D eigenvalue weighted by molar-refractivity contribution is 5.75. The van der Waals surface area contributed by atoms with Crippen molar-refractivity contribution in [1.29, 1.82) is 0 Å². The van der Waals surface area contributed by atoms with Crippen LogP contribution in [0.2, 0.25) is 0 Å². The largest absolute Gasteiger partial charge is 0.465 e. The van der Waals surface area contributed by atoms with E-state index in [-0.39, 0.29) is 5.97 Å². The van der Waals surface area contributed by atoms with Gasteiger partial charge >= 0.3 is 5.97 Å². The van der Waals surface area contributed by atoms with Gasteiger partial charge in [-0.15, -0.1) is 0 Å². The summed E-state index contributed by atoms with van der Waals surface area (Å²) in [6.07, 6.45) is 8.03. The molecule has 0 saturated heterocycles. The van der Waals surface area contributed by atoms with Crippen molar-refractivity contribution in [3.05, 3.63) is 18.2 Å². The molecule has 0 bridgehead atoms. The van der Waals surface area contributed by atoms with Gasteiger partial charge in [0.25, 0.3) is 0 Å². The smallest absolute Gasteiger partial charge is 0.323 e. The Morgan fingerprint density at radius 1 is 1.53 bits per heavy atom. The summed E-state index contributed by atoms with van der Waals surface area (Å²) in [4.78, 5) is 18.3. The minimum atomic E-state index is -0.610. The van der Waals surface area contributed by atoms with Gasteiger partial charge in [-0.25, -0.2) is 4.98 Å². The topological polar surface area (TPSA) is 81.0 Å². The first-order chi connectivity index (χ1) is 8.24. The molecule has 0 aromatic carbocycles. The van der Waals surface area contributed by atoms with Gasteiger partial charge in [0.05, 0.1) is 12.9 Å². The number of esters is 1. The highest BCUT2D eigenvalue weighted by Gasteiger charge is 2.15. The van der Waals surface area contributed by atoms with E-state index in [4.69, 9.17) is 10.5 Å². The zero-order valence-electron chi connectivity index (χ0n) is 10.3. The first-order valence-electron chi connectivity index (χ1n) is 6.13. The van der Waals surface area contributed by atoms with Crippen molar-refractivity contribution in [3.63, 3.8) is 0 Å². The molecule has 0 saturated carbocycles. The number of carbonyl (C=O) groups excluding carboxylic acids is 1. The molecular weight excluding hydrogens is 218 g/mol. The molecule has 96 valence electrons. The lowest BCUT2D eigenvalue weighted by molar-refractivity contribution is -0.145. The van der Waals surface area contributed by atoms with Crippen molar-refractivity contribution in [2.75, 3.05) is 6.61 Å². The number of carbonyl (C=O) groups is 1. The summed E-state index contributed by atoms with van der Waals surface area (Å²) in [7, 11) is 0. The fourth-order valence-electron chi connectivity index (χ4n) is 1.53. The molecule has 1 unspecified atom stereocenters. The molecule has 0 aliphatic rings. The number of aromatic amines is 1. The summed E-state index contributed by atoms with van der Waals surface area (Å²) >= 11 is 0. The predicted octanol–water partition coefficient (Wildman–Crippen LogP) is 1.40. The van der Waals surface area contributed by atoms with Crippen LogP contribution in [0.1, 0.15) is 38.3 Å². The van der Waals surface area contributed by atoms with Gasteiger partial charge in [0, 0.05) is 18.3 Å². The Morgan fingerprint density at radius 3 is 3.00 bits per heavy atom. The van der Waals surface area contributed by atoms with Crippen LogP contribution in [0.25, 0.3) is 0 Å². The maximum Gasteiger partial charge on any atom is 0.323 e. The van der Waals surface area contributed by atoms with E-state index >= 15 is 0 Å². The van der Waals surface area contributed by atoms with Crippen LogP contribution in [0.3, 0.4) is 0 Å². The van der Waals surface area contributed by atoms with Gasteiger partial charge in [-0.05, 0) is 6.42 Å². The summed E-state index contributed by atoms with van der Waals surface area (Å²) < 4.78 is 5.10. The van der Waals surface area contributed by atoms with E-state index < -0.39 is 6.04 Å². The van der Waals surface area contributed by atoms with Gasteiger partial charge in [-0.2, -0.15) is 0 Å². The number of imidazole rings is 1. The van der Waals surface area contributed by atoms with Gasteiger partial charge < -0.3 is 15.5 Å². The molecule has 1 aromatic heterocycles. The molecule has 5 heteroatoms. The molecule has 1 aromatic rings. The standard InChI is InChI=1S/C12H21N3O2/c1-2-3-4-5-6-17-12(16)11(13)7-10-8-14-9-15-10/h8-9,11H,2-7,13H2,1H3,(H,14,15). The fraction of sp³-hybridized carbons (Fsp3) is 0.667. The van der Waals surface area contributed by atoms with E-state index in [2.05, 4.69) is 16.9 Å². The Morgan fingerprint density at radius 2 is 2.35 bits per heavy atom. The minimum absolute atomic E-state index is 0.337. The first-order valence-corrected chi connectivity index (χ1v) is 6.13. The van der Waals surface area contributed by atoms with Crippen LogP contribution < -0.4 is 5.73 Å². The van der Waals surface area contributed by atoms with E-state index in [9.17, 15) is 4.79 Å². The van der Waals surface area contributed by atoms with Crippen molar-refractivity contribution in [2.24, 2.45) is 5.73 Å². The Balaban J connectivity index is 2.14. The molecule has 0 amide bonds. The van der Waals surface area contributed by atoms with Crippen molar-refractivity contribution in [1.82, 2.24) is 9.97 Å². The molecule has 1 rings (SSSR count). The van der Waals surface area contributed by atoms with E-state index in [0.717, 1.165) is 18.5 Å². The summed E-state index contributed by atoms with van der Waals surface area (Å²) in [6.45, 7) is 2.61. The normalized spacial score (nSPS) is 12.4. The molecule has 5 nitrogen and oxygen atoms in total. The minimum Gasteiger partial charge on any atom is -0.465 e. The van der Waals surface area contributed by atoms with Crippen molar-refractivity contribution >= 4 is 5.97 Å². The molecule has 0 aliphatic carbocycles. The van der Waals surface area contributed by atoms with Crippen LogP contribution in [0.15, 0.2) is 12.5 Å². The Kier molecular flexibility index (Phi) is 6.32. The summed E-state index contributed by atoms with van der Waals surface area (Å²) in [5.74, 6) is -0.337. The average molecular weight is 239 g/mol. The van der Waals surface area contributed by atoms with Crippen LogP contribution in [0, 0.1) is 0 Å². The number of nitrogens with one attached hydrogen (secondary N) is 1. The van der Waals surface area contributed by atoms with Crippen LogP contribution in [0.5, 0.6) is 0 Å². The van der Waals surface area contributed by atoms with Crippen LogP contribution in [0.4, 0.5) is 0 Å². The van der Waals surface area contributed by atoms with Gasteiger partial charge in [-0.1, -0.05) is 26.2 Å². The van der Waals surface area contributed by atoms with E-state index in [1.54, 1.807) is 12.5 Å². The van der Waals surface area contributed by atoms with Crippen molar-refractivity contribution in [2.45, 2.75) is 45.1 Å². The number of H-pyrrole nitrogens is 1. The maximum absolute atomic E-state index is 11.5. The lowest BCUT2D eigenvalue weighted by Gasteiger charge is -2.10. The third-order valence-corrected chi connectivity index (χ3v) is 2.54. The lowest BCUT2D eigenvalue weighted by Crippen LogP contribution is -2.34. The number of ether oxygens (including phenoxy) is 1. The molecule has 1 atom stereocenters. The quantitative estimate of drug-likeness (QED) is 0.531. The third-order valence-electron chi connectivity index (χ3n) is 2.54. The van der Waals surface area contributed by atoms with Gasteiger partial charge in [0.2, 0.25) is 0 Å². The molecule has 3 N–H and O–H groups in total. The second-order valence-electron chi connectivity index (χ2n) is 4.12. The fourth-order valence-corrected chi connectivity index (χ4v) is 1.53. The second-order valence-corrected chi connectivity index (χ2v) is 4.12. The Hall–Kier alpha value is -1.36. The number of hydrogen-bond acceptors (Lipinski definition) is 4. The van der Waals surface area contributed by atoms with Crippen LogP contribution >= 0.6 is 0 Å². The number of nitrogens with two attached hydrogens (primary N) is 1. The summed E-state index contributed by atoms with van der Waals surface area (Å²) in [5.41, 5.74) is 6.57. The third kappa shape index (κ3) is 5.49. The second kappa shape index (κ2) is 7.84. The highest BCUT2D eigenvalue weighted by atomic mass is 16.5. The zero-order valence-corrected chi connectivity index (χ0v) is 10.3. The molecule has 1 heterocycles. The molecular formula is C12H21N3O2. The van der Waals surface area contributed by atoms with Crippen LogP contribution in [-0.2, 0) is 16.0 Å².